The number of hydrogen-bond acceptors (Lipinski definition) is 3. The number of carbonyl (C=O) groups excluding carboxylic acids is 1. The van der Waals surface area contributed by atoms with Crippen molar-refractivity contribution < 1.29 is 9.53 Å². The third kappa shape index (κ3) is 4.76. The zero-order valence-electron chi connectivity index (χ0n) is 12.9. The molecule has 0 aliphatic heterocycles. The van der Waals surface area contributed by atoms with Crippen LogP contribution in [-0.2, 0) is 0 Å². The van der Waals surface area contributed by atoms with Crippen LogP contribution in [0.4, 0.5) is 5.69 Å². The highest BCUT2D eigenvalue weighted by Gasteiger charge is 2.16. The highest BCUT2D eigenvalue weighted by Crippen LogP contribution is 2.25. The minimum absolute atomic E-state index is 0.133. The lowest BCUT2D eigenvalue weighted by Gasteiger charge is -2.16. The molecule has 0 fully saturated rings. The van der Waals surface area contributed by atoms with Crippen molar-refractivity contribution in [3.05, 3.63) is 23.8 Å². The summed E-state index contributed by atoms with van der Waals surface area (Å²) >= 11 is 0. The van der Waals surface area contributed by atoms with Crippen LogP contribution in [0.3, 0.4) is 0 Å². The van der Waals surface area contributed by atoms with Gasteiger partial charge >= 0.3 is 0 Å². The van der Waals surface area contributed by atoms with E-state index in [0.29, 0.717) is 22.9 Å². The molecule has 0 aliphatic carbocycles. The third-order valence-corrected chi connectivity index (χ3v) is 3.29. The summed E-state index contributed by atoms with van der Waals surface area (Å²) in [7, 11) is 1.52. The molecular weight excluding hydrogens is 252 g/mol. The molecular formula is C16H26N2O2. The average Bonchev–Trinajstić information content (AvgIpc) is 2.37. The Morgan fingerprint density at radius 1 is 1.30 bits per heavy atom. The van der Waals surface area contributed by atoms with Crippen LogP contribution in [0, 0.1) is 5.92 Å². The van der Waals surface area contributed by atoms with Gasteiger partial charge in [-0.1, -0.05) is 32.8 Å². The maximum atomic E-state index is 12.2. The molecule has 1 aromatic carbocycles. The van der Waals surface area contributed by atoms with Gasteiger partial charge in [-0.2, -0.15) is 0 Å². The number of methoxy groups -OCH3 is 1. The summed E-state index contributed by atoms with van der Waals surface area (Å²) < 4.78 is 5.21. The molecule has 0 spiro atoms. The smallest absolute Gasteiger partial charge is 0.255 e. The van der Waals surface area contributed by atoms with E-state index in [4.69, 9.17) is 10.5 Å². The zero-order valence-corrected chi connectivity index (χ0v) is 12.9. The van der Waals surface area contributed by atoms with E-state index in [1.54, 1.807) is 18.2 Å². The second-order valence-corrected chi connectivity index (χ2v) is 5.63. The molecule has 0 saturated heterocycles. The summed E-state index contributed by atoms with van der Waals surface area (Å²) in [5, 5.41) is 3.00. The molecule has 3 N–H and O–H groups in total. The maximum Gasteiger partial charge on any atom is 0.255 e. The van der Waals surface area contributed by atoms with Gasteiger partial charge in [-0.25, -0.2) is 0 Å². The van der Waals surface area contributed by atoms with Gasteiger partial charge in [0.2, 0.25) is 0 Å². The van der Waals surface area contributed by atoms with E-state index in [-0.39, 0.29) is 11.9 Å². The maximum absolute atomic E-state index is 12.2. The molecule has 1 unspecified atom stereocenters. The number of hydrogen-bond donors (Lipinski definition) is 2. The fourth-order valence-electron chi connectivity index (χ4n) is 2.17. The largest absolute Gasteiger partial charge is 0.494 e. The number of amides is 1. The second kappa shape index (κ2) is 7.78. The van der Waals surface area contributed by atoms with Gasteiger partial charge in [-0.15, -0.1) is 0 Å². The summed E-state index contributed by atoms with van der Waals surface area (Å²) in [6.07, 6.45) is 3.28. The van der Waals surface area contributed by atoms with Crippen LogP contribution < -0.4 is 15.8 Å². The Morgan fingerprint density at radius 2 is 2.00 bits per heavy atom. The van der Waals surface area contributed by atoms with Crippen molar-refractivity contribution in [2.75, 3.05) is 12.8 Å². The van der Waals surface area contributed by atoms with E-state index in [9.17, 15) is 4.79 Å². The van der Waals surface area contributed by atoms with Crippen molar-refractivity contribution in [2.45, 2.75) is 46.1 Å². The number of rotatable bonds is 7. The highest BCUT2D eigenvalue weighted by molar-refractivity contribution is 5.98. The fraction of sp³-hybridized carbons (Fsp3) is 0.562. The van der Waals surface area contributed by atoms with Gasteiger partial charge in [0.25, 0.3) is 5.91 Å². The number of ether oxygens (including phenoxy) is 1. The predicted molar refractivity (Wildman–Crippen MR) is 83.0 cm³/mol. The summed E-state index contributed by atoms with van der Waals surface area (Å²) in [4.78, 5) is 12.2. The lowest BCUT2D eigenvalue weighted by molar-refractivity contribution is 0.0935. The zero-order chi connectivity index (χ0) is 15.1. The van der Waals surface area contributed by atoms with Gasteiger partial charge in [0, 0.05) is 6.04 Å². The van der Waals surface area contributed by atoms with Gasteiger partial charge < -0.3 is 15.8 Å². The van der Waals surface area contributed by atoms with Crippen molar-refractivity contribution in [1.29, 1.82) is 0 Å². The van der Waals surface area contributed by atoms with Gasteiger partial charge in [-0.05, 0) is 31.4 Å². The van der Waals surface area contributed by atoms with E-state index < -0.39 is 0 Å². The summed E-state index contributed by atoms with van der Waals surface area (Å²) in [5.74, 6) is 1.01. The molecule has 112 valence electrons. The Hall–Kier alpha value is -1.71. The normalized spacial score (nSPS) is 12.2. The molecule has 0 heterocycles. The number of anilines is 1. The molecule has 4 nitrogen and oxygen atoms in total. The molecule has 1 aromatic rings. The van der Waals surface area contributed by atoms with Gasteiger partial charge in [0.05, 0.1) is 18.4 Å². The SMILES string of the molecule is COc1c(N)cccc1C(=O)NC(C)CCCC(C)C. The number of para-hydroxylation sites is 1. The Balaban J connectivity index is 2.60. The Kier molecular flexibility index (Phi) is 6.36. The first-order chi connectivity index (χ1) is 9.45. The first kappa shape index (κ1) is 16.3. The van der Waals surface area contributed by atoms with Crippen LogP contribution in [0.15, 0.2) is 18.2 Å². The molecule has 0 aromatic heterocycles. The number of nitrogens with one attached hydrogen (secondary N) is 1. The molecule has 1 atom stereocenters. The summed E-state index contributed by atoms with van der Waals surface area (Å²) in [6.45, 7) is 6.44. The third-order valence-electron chi connectivity index (χ3n) is 3.29. The average molecular weight is 278 g/mol. The minimum Gasteiger partial charge on any atom is -0.494 e. The monoisotopic (exact) mass is 278 g/mol. The lowest BCUT2D eigenvalue weighted by atomic mass is 10.0. The molecule has 20 heavy (non-hydrogen) atoms. The molecule has 1 rings (SSSR count). The van der Waals surface area contributed by atoms with Crippen LogP contribution in [0.2, 0.25) is 0 Å². The molecule has 1 amide bonds. The minimum atomic E-state index is -0.133. The Labute approximate surface area is 121 Å². The first-order valence-corrected chi connectivity index (χ1v) is 7.19. The van der Waals surface area contributed by atoms with E-state index in [2.05, 4.69) is 19.2 Å². The Morgan fingerprint density at radius 3 is 2.60 bits per heavy atom. The standard InChI is InChI=1S/C16H26N2O2/c1-11(2)7-5-8-12(3)18-16(19)13-9-6-10-14(17)15(13)20-4/h6,9-12H,5,7-8,17H2,1-4H3,(H,18,19). The molecule has 0 radical (unpaired) electrons. The highest BCUT2D eigenvalue weighted by atomic mass is 16.5. The summed E-state index contributed by atoms with van der Waals surface area (Å²) in [6, 6.07) is 5.36. The number of nitrogen functional groups attached to an aromatic ring is 1. The van der Waals surface area contributed by atoms with Crippen molar-refractivity contribution >= 4 is 11.6 Å². The van der Waals surface area contributed by atoms with Crippen LogP contribution in [0.1, 0.15) is 50.4 Å². The topological polar surface area (TPSA) is 64.3 Å². The van der Waals surface area contributed by atoms with Gasteiger partial charge in [0.15, 0.2) is 5.75 Å². The quantitative estimate of drug-likeness (QED) is 0.753. The van der Waals surface area contributed by atoms with Crippen molar-refractivity contribution in [1.82, 2.24) is 5.32 Å². The van der Waals surface area contributed by atoms with Gasteiger partial charge in [0.1, 0.15) is 0 Å². The summed E-state index contributed by atoms with van der Waals surface area (Å²) in [5.41, 5.74) is 6.78. The fourth-order valence-corrected chi connectivity index (χ4v) is 2.17. The van der Waals surface area contributed by atoms with E-state index in [0.717, 1.165) is 12.8 Å². The van der Waals surface area contributed by atoms with Gasteiger partial charge in [-0.3, -0.25) is 4.79 Å². The first-order valence-electron chi connectivity index (χ1n) is 7.19. The molecule has 4 heteroatoms. The number of benzene rings is 1. The molecule has 0 aliphatic rings. The second-order valence-electron chi connectivity index (χ2n) is 5.63. The predicted octanol–water partition coefficient (Wildman–Crippen LogP) is 3.22. The van der Waals surface area contributed by atoms with E-state index >= 15 is 0 Å². The van der Waals surface area contributed by atoms with Crippen molar-refractivity contribution in [3.63, 3.8) is 0 Å². The van der Waals surface area contributed by atoms with Crippen molar-refractivity contribution in [2.24, 2.45) is 5.92 Å². The van der Waals surface area contributed by atoms with Crippen LogP contribution >= 0.6 is 0 Å². The van der Waals surface area contributed by atoms with Crippen LogP contribution in [-0.4, -0.2) is 19.1 Å². The molecule has 0 saturated carbocycles. The van der Waals surface area contributed by atoms with E-state index in [1.807, 2.05) is 6.92 Å². The van der Waals surface area contributed by atoms with Crippen LogP contribution in [0.25, 0.3) is 0 Å². The number of nitrogens with two attached hydrogens (primary N) is 1. The Bertz CT molecular complexity index is 444. The lowest BCUT2D eigenvalue weighted by Crippen LogP contribution is -2.32. The molecule has 0 bridgehead atoms. The van der Waals surface area contributed by atoms with Crippen LogP contribution in [0.5, 0.6) is 5.75 Å². The van der Waals surface area contributed by atoms with Crippen molar-refractivity contribution in [3.8, 4) is 5.75 Å². The van der Waals surface area contributed by atoms with E-state index in [1.165, 1.54) is 13.5 Å². The number of carbonyl (C=O) groups is 1.